The van der Waals surface area contributed by atoms with E-state index >= 15 is 0 Å². The molecular formula is C29H33N3O3. The summed E-state index contributed by atoms with van der Waals surface area (Å²) in [7, 11) is 3.34. The van der Waals surface area contributed by atoms with Crippen molar-refractivity contribution in [1.82, 2.24) is 14.8 Å². The van der Waals surface area contributed by atoms with Crippen LogP contribution in [0.3, 0.4) is 0 Å². The molecule has 6 nitrogen and oxygen atoms in total. The van der Waals surface area contributed by atoms with Crippen LogP contribution in [0.2, 0.25) is 0 Å². The summed E-state index contributed by atoms with van der Waals surface area (Å²) < 4.78 is 5.16. The van der Waals surface area contributed by atoms with Crippen molar-refractivity contribution in [3.63, 3.8) is 0 Å². The Labute approximate surface area is 207 Å². The minimum atomic E-state index is -0.698. The highest BCUT2D eigenvalue weighted by molar-refractivity contribution is 5.95. The molecule has 3 aromatic rings. The Kier molecular flexibility index (Phi) is 9.75. The number of carbonyl (C=O) groups is 2. The number of amides is 2. The molecule has 3 rings (SSSR count). The number of benzene rings is 2. The third kappa shape index (κ3) is 7.90. The first kappa shape index (κ1) is 25.8. The van der Waals surface area contributed by atoms with Crippen molar-refractivity contribution in [2.75, 3.05) is 27.3 Å². The zero-order valence-electron chi connectivity index (χ0n) is 20.6. The molecule has 0 spiro atoms. The van der Waals surface area contributed by atoms with Gasteiger partial charge in [-0.25, -0.2) is 0 Å². The molecule has 6 heteroatoms. The van der Waals surface area contributed by atoms with Crippen molar-refractivity contribution in [3.8, 4) is 0 Å². The van der Waals surface area contributed by atoms with Crippen LogP contribution in [0.25, 0.3) is 6.08 Å². The summed E-state index contributed by atoms with van der Waals surface area (Å²) in [5, 5.41) is 0. The van der Waals surface area contributed by atoms with Gasteiger partial charge in [0.1, 0.15) is 6.04 Å². The van der Waals surface area contributed by atoms with E-state index in [1.807, 2.05) is 79.7 Å². The van der Waals surface area contributed by atoms with Crippen LogP contribution < -0.4 is 0 Å². The fraction of sp³-hybridized carbons (Fsp3) is 0.276. The number of rotatable bonds is 11. The van der Waals surface area contributed by atoms with E-state index in [-0.39, 0.29) is 18.4 Å². The highest BCUT2D eigenvalue weighted by atomic mass is 16.5. The first-order valence-electron chi connectivity index (χ1n) is 11.7. The van der Waals surface area contributed by atoms with Gasteiger partial charge in [-0.05, 0) is 36.3 Å². The molecule has 0 fully saturated rings. The zero-order chi connectivity index (χ0) is 25.0. The highest BCUT2D eigenvalue weighted by Crippen LogP contribution is 2.17. The molecule has 35 heavy (non-hydrogen) atoms. The van der Waals surface area contributed by atoms with E-state index < -0.39 is 6.04 Å². The predicted octanol–water partition coefficient (Wildman–Crippen LogP) is 4.15. The van der Waals surface area contributed by atoms with Gasteiger partial charge in [-0.2, -0.15) is 0 Å². The molecule has 0 radical (unpaired) electrons. The maximum atomic E-state index is 13.6. The molecule has 1 heterocycles. The summed E-state index contributed by atoms with van der Waals surface area (Å²) in [6.07, 6.45) is 5.41. The lowest BCUT2D eigenvalue weighted by atomic mass is 10.0. The van der Waals surface area contributed by atoms with Crippen molar-refractivity contribution in [1.29, 1.82) is 0 Å². The Morgan fingerprint density at radius 3 is 2.37 bits per heavy atom. The van der Waals surface area contributed by atoms with E-state index in [0.29, 0.717) is 19.6 Å². The molecule has 0 N–H and O–H groups in total. The molecule has 2 amide bonds. The van der Waals surface area contributed by atoms with Crippen molar-refractivity contribution < 1.29 is 14.3 Å². The smallest absolute Gasteiger partial charge is 0.247 e. The van der Waals surface area contributed by atoms with Crippen molar-refractivity contribution >= 4 is 17.9 Å². The Balaban J connectivity index is 1.95. The van der Waals surface area contributed by atoms with Crippen molar-refractivity contribution in [2.24, 2.45) is 0 Å². The number of hydrogen-bond donors (Lipinski definition) is 0. The third-order valence-electron chi connectivity index (χ3n) is 5.78. The average Bonchev–Trinajstić information content (AvgIpc) is 2.89. The van der Waals surface area contributed by atoms with Crippen LogP contribution in [0.1, 0.15) is 22.4 Å². The van der Waals surface area contributed by atoms with E-state index in [1.54, 1.807) is 36.2 Å². The van der Waals surface area contributed by atoms with Gasteiger partial charge < -0.3 is 14.5 Å². The second-order valence-corrected chi connectivity index (χ2v) is 8.49. The lowest BCUT2D eigenvalue weighted by Gasteiger charge is -2.33. The largest absolute Gasteiger partial charge is 0.383 e. The van der Waals surface area contributed by atoms with E-state index in [9.17, 15) is 9.59 Å². The molecule has 0 aliphatic carbocycles. The van der Waals surface area contributed by atoms with Gasteiger partial charge in [0.15, 0.2) is 0 Å². The number of ether oxygens (including phenoxy) is 1. The van der Waals surface area contributed by atoms with E-state index in [4.69, 9.17) is 4.74 Å². The van der Waals surface area contributed by atoms with E-state index in [1.165, 1.54) is 6.08 Å². The maximum Gasteiger partial charge on any atom is 0.247 e. The van der Waals surface area contributed by atoms with Crippen LogP contribution in [0, 0.1) is 6.92 Å². The van der Waals surface area contributed by atoms with Gasteiger partial charge in [0.2, 0.25) is 11.8 Å². The van der Waals surface area contributed by atoms with Gasteiger partial charge in [0.05, 0.1) is 18.8 Å². The van der Waals surface area contributed by atoms with Crippen LogP contribution in [-0.2, 0) is 27.3 Å². The van der Waals surface area contributed by atoms with Crippen LogP contribution in [0.5, 0.6) is 0 Å². The Morgan fingerprint density at radius 1 is 1.00 bits per heavy atom. The number of pyridine rings is 1. The molecule has 0 aliphatic rings. The molecule has 1 aromatic heterocycles. The number of hydrogen-bond acceptors (Lipinski definition) is 4. The monoisotopic (exact) mass is 471 g/mol. The van der Waals surface area contributed by atoms with Crippen LogP contribution in [0.4, 0.5) is 0 Å². The Bertz CT molecular complexity index is 1100. The number of nitrogens with zero attached hydrogens (tertiary/aromatic N) is 3. The van der Waals surface area contributed by atoms with Gasteiger partial charge in [-0.15, -0.1) is 0 Å². The first-order chi connectivity index (χ1) is 17.0. The van der Waals surface area contributed by atoms with Gasteiger partial charge in [-0.1, -0.05) is 66.2 Å². The summed E-state index contributed by atoms with van der Waals surface area (Å²) in [6, 6.07) is 22.6. The molecule has 0 aliphatic heterocycles. The fourth-order valence-corrected chi connectivity index (χ4v) is 3.71. The van der Waals surface area contributed by atoms with Crippen LogP contribution in [0.15, 0.2) is 85.1 Å². The standard InChI is InChI=1S/C29H33N3O3/c1-23-12-14-24(15-13-23)16-17-28(33)32(22-26-11-7-8-18-30-26)27(21-25-9-5-4-6-10-25)29(34)31(2)19-20-35-3/h4-18,27H,19-22H2,1-3H3/t27-/m0/s1. The fourth-order valence-electron chi connectivity index (χ4n) is 3.71. The topological polar surface area (TPSA) is 62.7 Å². The Hall–Kier alpha value is -3.77. The van der Waals surface area contributed by atoms with Crippen molar-refractivity contribution in [2.45, 2.75) is 25.9 Å². The summed E-state index contributed by atoms with van der Waals surface area (Å²) in [5.74, 6) is -0.385. The minimum absolute atomic E-state index is 0.140. The molecule has 0 unspecified atom stereocenters. The minimum Gasteiger partial charge on any atom is -0.383 e. The summed E-state index contributed by atoms with van der Waals surface area (Å²) in [4.78, 5) is 34.9. The quantitative estimate of drug-likeness (QED) is 0.394. The van der Waals surface area contributed by atoms with Gasteiger partial charge in [-0.3, -0.25) is 14.6 Å². The lowest BCUT2D eigenvalue weighted by Crippen LogP contribution is -2.51. The summed E-state index contributed by atoms with van der Waals surface area (Å²) in [5.41, 5.74) is 3.77. The SMILES string of the molecule is COCCN(C)C(=O)[C@H](Cc1ccccc1)N(Cc1ccccn1)C(=O)C=Cc1ccc(C)cc1. The molecule has 0 bridgehead atoms. The summed E-state index contributed by atoms with van der Waals surface area (Å²) >= 11 is 0. The maximum absolute atomic E-state index is 13.6. The highest BCUT2D eigenvalue weighted by Gasteiger charge is 2.31. The molecule has 0 saturated carbocycles. The second kappa shape index (κ2) is 13.2. The predicted molar refractivity (Wildman–Crippen MR) is 138 cm³/mol. The first-order valence-corrected chi connectivity index (χ1v) is 11.7. The third-order valence-corrected chi connectivity index (χ3v) is 5.78. The van der Waals surface area contributed by atoms with Gasteiger partial charge >= 0.3 is 0 Å². The van der Waals surface area contributed by atoms with Gasteiger partial charge in [0, 0.05) is 39.4 Å². The van der Waals surface area contributed by atoms with Crippen LogP contribution >= 0.6 is 0 Å². The van der Waals surface area contributed by atoms with Crippen LogP contribution in [-0.4, -0.2) is 59.9 Å². The normalized spacial score (nSPS) is 11.9. The molecule has 1 atom stereocenters. The van der Waals surface area contributed by atoms with E-state index in [2.05, 4.69) is 4.98 Å². The number of methoxy groups -OCH3 is 1. The zero-order valence-corrected chi connectivity index (χ0v) is 20.6. The summed E-state index contributed by atoms with van der Waals surface area (Å²) in [6.45, 7) is 3.10. The van der Waals surface area contributed by atoms with Gasteiger partial charge in [0.25, 0.3) is 0 Å². The number of likely N-dealkylation sites (N-methyl/N-ethyl adjacent to an activating group) is 1. The molecule has 2 aromatic carbocycles. The second-order valence-electron chi connectivity index (χ2n) is 8.49. The number of aromatic nitrogens is 1. The molecular weight excluding hydrogens is 438 g/mol. The number of carbonyl (C=O) groups excluding carboxylic acids is 2. The van der Waals surface area contributed by atoms with E-state index in [0.717, 1.165) is 22.4 Å². The number of aryl methyl sites for hydroxylation is 1. The lowest BCUT2D eigenvalue weighted by molar-refractivity contribution is -0.143. The average molecular weight is 472 g/mol. The molecule has 0 saturated heterocycles. The molecule has 182 valence electrons. The Morgan fingerprint density at radius 2 is 1.71 bits per heavy atom. The van der Waals surface area contributed by atoms with Crippen molar-refractivity contribution in [3.05, 3.63) is 107 Å².